The van der Waals surface area contributed by atoms with Crippen LogP contribution < -0.4 is 0 Å². The molecule has 1 aliphatic rings. The minimum absolute atomic E-state index is 0.109. The number of unbranched alkanes of at least 4 members (excludes halogenated alkanes) is 6. The average Bonchev–Trinajstić information content (AvgIpc) is 2.71. The molecule has 6 heteroatoms. The number of rotatable bonds is 17. The summed E-state index contributed by atoms with van der Waals surface area (Å²) < 4.78 is 21.3. The SMILES string of the molecule is COC(=O)CCSCCCC/C=C\CCCCCCC(C)OC1COCCO1. The maximum Gasteiger partial charge on any atom is 0.306 e. The first-order valence-electron chi connectivity index (χ1n) is 10.9. The predicted octanol–water partition coefficient (Wildman–Crippen LogP) is 5.13. The van der Waals surface area contributed by atoms with Crippen molar-refractivity contribution < 1.29 is 23.7 Å². The van der Waals surface area contributed by atoms with E-state index in [1.54, 1.807) is 0 Å². The van der Waals surface area contributed by atoms with E-state index in [4.69, 9.17) is 14.2 Å². The number of carbonyl (C=O) groups excluding carboxylic acids is 1. The van der Waals surface area contributed by atoms with E-state index in [1.165, 1.54) is 58.5 Å². The van der Waals surface area contributed by atoms with Crippen molar-refractivity contribution >= 4 is 17.7 Å². The lowest BCUT2D eigenvalue weighted by Crippen LogP contribution is -2.33. The maximum absolute atomic E-state index is 11.0. The maximum atomic E-state index is 11.0. The molecule has 2 unspecified atom stereocenters. The molecule has 0 aromatic heterocycles. The monoisotopic (exact) mass is 416 g/mol. The minimum Gasteiger partial charge on any atom is -0.469 e. The van der Waals surface area contributed by atoms with Gasteiger partial charge >= 0.3 is 5.97 Å². The second-order valence-corrected chi connectivity index (χ2v) is 8.44. The van der Waals surface area contributed by atoms with Gasteiger partial charge in [-0.15, -0.1) is 0 Å². The molecule has 0 amide bonds. The van der Waals surface area contributed by atoms with Crippen LogP contribution in [0.4, 0.5) is 0 Å². The molecule has 1 fully saturated rings. The lowest BCUT2D eigenvalue weighted by molar-refractivity contribution is -0.228. The normalized spacial score (nSPS) is 18.4. The third-order valence-electron chi connectivity index (χ3n) is 4.66. The van der Waals surface area contributed by atoms with Crippen LogP contribution in [-0.2, 0) is 23.7 Å². The quantitative estimate of drug-likeness (QED) is 0.186. The summed E-state index contributed by atoms with van der Waals surface area (Å²) in [5.41, 5.74) is 0. The van der Waals surface area contributed by atoms with Crippen LogP contribution in [0.15, 0.2) is 12.2 Å². The zero-order valence-electron chi connectivity index (χ0n) is 17.9. The first kappa shape index (κ1) is 25.5. The highest BCUT2D eigenvalue weighted by Gasteiger charge is 2.17. The Bertz CT molecular complexity index is 396. The highest BCUT2D eigenvalue weighted by atomic mass is 32.2. The number of hydrogen-bond acceptors (Lipinski definition) is 6. The first-order valence-corrected chi connectivity index (χ1v) is 12.0. The molecule has 1 rings (SSSR count). The van der Waals surface area contributed by atoms with Gasteiger partial charge in [-0.25, -0.2) is 0 Å². The number of hydrogen-bond donors (Lipinski definition) is 0. The molecule has 5 nitrogen and oxygen atoms in total. The van der Waals surface area contributed by atoms with Gasteiger partial charge in [-0.3, -0.25) is 4.79 Å². The molecule has 1 heterocycles. The molecule has 28 heavy (non-hydrogen) atoms. The number of allylic oxidation sites excluding steroid dienone is 2. The van der Waals surface area contributed by atoms with Gasteiger partial charge in [0.15, 0.2) is 6.29 Å². The van der Waals surface area contributed by atoms with Crippen molar-refractivity contribution in [2.24, 2.45) is 0 Å². The van der Waals surface area contributed by atoms with E-state index in [0.29, 0.717) is 26.2 Å². The molecule has 164 valence electrons. The largest absolute Gasteiger partial charge is 0.469 e. The summed E-state index contributed by atoms with van der Waals surface area (Å²) in [6.45, 7) is 4.00. The van der Waals surface area contributed by atoms with E-state index in [-0.39, 0.29) is 18.4 Å². The predicted molar refractivity (Wildman–Crippen MR) is 116 cm³/mol. The van der Waals surface area contributed by atoms with Gasteiger partial charge in [0.25, 0.3) is 0 Å². The topological polar surface area (TPSA) is 54.0 Å². The molecular weight excluding hydrogens is 376 g/mol. The second-order valence-electron chi connectivity index (χ2n) is 7.22. The number of methoxy groups -OCH3 is 1. The Morgan fingerprint density at radius 1 is 1.07 bits per heavy atom. The number of carbonyl (C=O) groups is 1. The molecule has 0 radical (unpaired) electrons. The molecule has 0 aromatic carbocycles. The van der Waals surface area contributed by atoms with Crippen molar-refractivity contribution in [3.63, 3.8) is 0 Å². The summed E-state index contributed by atoms with van der Waals surface area (Å²) in [6, 6.07) is 0. The highest BCUT2D eigenvalue weighted by Crippen LogP contribution is 2.13. The van der Waals surface area contributed by atoms with Crippen molar-refractivity contribution in [1.82, 2.24) is 0 Å². The zero-order chi connectivity index (χ0) is 20.3. The fourth-order valence-electron chi connectivity index (χ4n) is 2.98. The second kappa shape index (κ2) is 18.5. The van der Waals surface area contributed by atoms with Gasteiger partial charge in [0, 0.05) is 5.75 Å². The Morgan fingerprint density at radius 2 is 1.82 bits per heavy atom. The Hall–Kier alpha value is -0.560. The van der Waals surface area contributed by atoms with Crippen molar-refractivity contribution in [3.8, 4) is 0 Å². The summed E-state index contributed by atoms with van der Waals surface area (Å²) in [4.78, 5) is 11.0. The molecule has 0 spiro atoms. The van der Waals surface area contributed by atoms with Crippen LogP contribution in [0, 0.1) is 0 Å². The van der Waals surface area contributed by atoms with Crippen LogP contribution in [-0.4, -0.2) is 56.8 Å². The van der Waals surface area contributed by atoms with Crippen LogP contribution in [0.2, 0.25) is 0 Å². The highest BCUT2D eigenvalue weighted by molar-refractivity contribution is 7.99. The lowest BCUT2D eigenvalue weighted by Gasteiger charge is -2.26. The molecule has 2 atom stereocenters. The van der Waals surface area contributed by atoms with Crippen molar-refractivity contribution in [1.29, 1.82) is 0 Å². The van der Waals surface area contributed by atoms with E-state index >= 15 is 0 Å². The van der Waals surface area contributed by atoms with Gasteiger partial charge in [-0.05, 0) is 51.2 Å². The van der Waals surface area contributed by atoms with Crippen LogP contribution in [0.5, 0.6) is 0 Å². The van der Waals surface area contributed by atoms with Crippen LogP contribution in [0.1, 0.15) is 71.1 Å². The summed E-state index contributed by atoms with van der Waals surface area (Å²) in [5.74, 6) is 1.89. The molecule has 0 saturated carbocycles. The third kappa shape index (κ3) is 15.4. The molecule has 1 saturated heterocycles. The van der Waals surface area contributed by atoms with Gasteiger partial charge in [0.1, 0.15) is 0 Å². The van der Waals surface area contributed by atoms with Gasteiger partial charge in [0.05, 0.1) is 39.5 Å². The van der Waals surface area contributed by atoms with Gasteiger partial charge < -0.3 is 18.9 Å². The van der Waals surface area contributed by atoms with E-state index in [0.717, 1.165) is 17.9 Å². The molecule has 0 N–H and O–H groups in total. The summed E-state index contributed by atoms with van der Waals surface area (Å²) in [5, 5.41) is 0. The fraction of sp³-hybridized carbons (Fsp3) is 0.864. The van der Waals surface area contributed by atoms with E-state index in [1.807, 2.05) is 11.8 Å². The smallest absolute Gasteiger partial charge is 0.306 e. The van der Waals surface area contributed by atoms with E-state index in [2.05, 4.69) is 23.8 Å². The van der Waals surface area contributed by atoms with E-state index < -0.39 is 0 Å². The van der Waals surface area contributed by atoms with Gasteiger partial charge in [0.2, 0.25) is 0 Å². The van der Waals surface area contributed by atoms with Crippen LogP contribution in [0.3, 0.4) is 0 Å². The fourth-order valence-corrected chi connectivity index (χ4v) is 3.90. The first-order chi connectivity index (χ1) is 13.7. The van der Waals surface area contributed by atoms with Crippen molar-refractivity contribution in [2.45, 2.75) is 83.5 Å². The van der Waals surface area contributed by atoms with Gasteiger partial charge in [-0.1, -0.05) is 31.4 Å². The molecule has 1 aliphatic heterocycles. The summed E-state index contributed by atoms with van der Waals surface area (Å²) in [7, 11) is 1.44. The standard InChI is InChI=1S/C22H40O5S/c1-20(27-22-19-25-15-16-26-22)13-11-9-7-5-3-4-6-8-10-12-17-28-18-14-21(23)24-2/h4,6,20,22H,3,5,7-19H2,1-2H3/b6-4-. The number of esters is 1. The summed E-state index contributed by atoms with van der Waals surface area (Å²) in [6.07, 6.45) is 16.2. The molecule has 0 aliphatic carbocycles. The Morgan fingerprint density at radius 3 is 2.54 bits per heavy atom. The average molecular weight is 417 g/mol. The summed E-state index contributed by atoms with van der Waals surface area (Å²) >= 11 is 1.84. The Labute approximate surface area is 175 Å². The number of ether oxygens (including phenoxy) is 4. The van der Waals surface area contributed by atoms with Crippen molar-refractivity contribution in [2.75, 3.05) is 38.4 Å². The Balaban J connectivity index is 1.78. The van der Waals surface area contributed by atoms with E-state index in [9.17, 15) is 4.79 Å². The zero-order valence-corrected chi connectivity index (χ0v) is 18.7. The molecule has 0 bridgehead atoms. The van der Waals surface area contributed by atoms with Crippen LogP contribution >= 0.6 is 11.8 Å². The van der Waals surface area contributed by atoms with Gasteiger partial charge in [-0.2, -0.15) is 11.8 Å². The minimum atomic E-state index is -0.174. The number of thioether (sulfide) groups is 1. The van der Waals surface area contributed by atoms with Crippen molar-refractivity contribution in [3.05, 3.63) is 12.2 Å². The lowest BCUT2D eigenvalue weighted by atomic mass is 10.1. The van der Waals surface area contributed by atoms with Crippen LogP contribution in [0.25, 0.3) is 0 Å². The molecular formula is C22H40O5S. The Kier molecular flexibility index (Phi) is 16.8. The molecule has 0 aromatic rings. The third-order valence-corrected chi connectivity index (χ3v) is 5.73.